The van der Waals surface area contributed by atoms with Crippen molar-refractivity contribution >= 4 is 5.91 Å². The third-order valence-corrected chi connectivity index (χ3v) is 3.75. The van der Waals surface area contributed by atoms with E-state index in [0.717, 1.165) is 24.0 Å². The highest BCUT2D eigenvalue weighted by molar-refractivity contribution is 5.97. The maximum absolute atomic E-state index is 12.3. The number of benzene rings is 1. The van der Waals surface area contributed by atoms with Crippen LogP contribution in [-0.2, 0) is 0 Å². The van der Waals surface area contributed by atoms with E-state index in [0.29, 0.717) is 17.4 Å². The number of ether oxygens (including phenoxy) is 1. The van der Waals surface area contributed by atoms with Gasteiger partial charge in [0.2, 0.25) is 0 Å². The van der Waals surface area contributed by atoms with Crippen LogP contribution in [0.2, 0.25) is 0 Å². The minimum Gasteiger partial charge on any atom is -0.496 e. The minimum absolute atomic E-state index is 0.0122. The molecule has 3 nitrogen and oxygen atoms in total. The lowest BCUT2D eigenvalue weighted by atomic mass is 10.0. The fraction of sp³-hybridized carbons (Fsp3) is 0.533. The predicted octanol–water partition coefficient (Wildman–Crippen LogP) is 2.98. The molecule has 1 N–H and O–H groups in total. The fourth-order valence-corrected chi connectivity index (χ4v) is 2.47. The summed E-state index contributed by atoms with van der Waals surface area (Å²) in [6, 6.07) is 4.18. The molecule has 18 heavy (non-hydrogen) atoms. The van der Waals surface area contributed by atoms with Crippen LogP contribution < -0.4 is 10.1 Å². The van der Waals surface area contributed by atoms with E-state index < -0.39 is 0 Å². The Bertz CT molecular complexity index is 448. The zero-order chi connectivity index (χ0) is 13.1. The quantitative estimate of drug-likeness (QED) is 0.891. The summed E-state index contributed by atoms with van der Waals surface area (Å²) in [6.07, 6.45) is 4.63. The van der Waals surface area contributed by atoms with E-state index >= 15 is 0 Å². The summed E-state index contributed by atoms with van der Waals surface area (Å²) in [7, 11) is 1.61. The summed E-state index contributed by atoms with van der Waals surface area (Å²) >= 11 is 0. The second-order valence-electron chi connectivity index (χ2n) is 5.09. The van der Waals surface area contributed by atoms with Crippen molar-refractivity contribution < 1.29 is 9.53 Å². The number of hydrogen-bond acceptors (Lipinski definition) is 2. The summed E-state index contributed by atoms with van der Waals surface area (Å²) in [6.45, 7) is 4.04. The normalized spacial score (nSPS) is 15.7. The van der Waals surface area contributed by atoms with Crippen LogP contribution in [0.3, 0.4) is 0 Å². The van der Waals surface area contributed by atoms with Gasteiger partial charge in [-0.2, -0.15) is 0 Å². The molecular formula is C15H21NO2. The fourth-order valence-electron chi connectivity index (χ4n) is 2.47. The highest BCUT2D eigenvalue weighted by atomic mass is 16.5. The lowest BCUT2D eigenvalue weighted by Gasteiger charge is -2.15. The maximum atomic E-state index is 12.3. The van der Waals surface area contributed by atoms with Crippen LogP contribution in [0.4, 0.5) is 0 Å². The van der Waals surface area contributed by atoms with Gasteiger partial charge in [-0.3, -0.25) is 4.79 Å². The highest BCUT2D eigenvalue weighted by Gasteiger charge is 2.20. The van der Waals surface area contributed by atoms with Crippen molar-refractivity contribution in [2.24, 2.45) is 0 Å². The largest absolute Gasteiger partial charge is 0.496 e. The molecule has 1 aromatic rings. The van der Waals surface area contributed by atoms with Crippen LogP contribution in [0.5, 0.6) is 5.75 Å². The molecule has 1 aliphatic rings. The molecule has 0 unspecified atom stereocenters. The number of nitrogens with one attached hydrogen (secondary N) is 1. The van der Waals surface area contributed by atoms with Gasteiger partial charge < -0.3 is 10.1 Å². The van der Waals surface area contributed by atoms with E-state index in [2.05, 4.69) is 5.32 Å². The number of methoxy groups -OCH3 is 1. The van der Waals surface area contributed by atoms with Crippen molar-refractivity contribution in [1.82, 2.24) is 5.32 Å². The summed E-state index contributed by atoms with van der Waals surface area (Å²) in [5, 5.41) is 3.10. The van der Waals surface area contributed by atoms with Crippen LogP contribution in [0.15, 0.2) is 12.1 Å². The monoisotopic (exact) mass is 247 g/mol. The lowest BCUT2D eigenvalue weighted by molar-refractivity contribution is 0.0934. The van der Waals surface area contributed by atoms with Gasteiger partial charge in [0.25, 0.3) is 5.91 Å². The molecular weight excluding hydrogens is 226 g/mol. The van der Waals surface area contributed by atoms with E-state index in [9.17, 15) is 4.79 Å². The molecule has 0 radical (unpaired) electrons. The van der Waals surface area contributed by atoms with Crippen molar-refractivity contribution in [3.63, 3.8) is 0 Å². The van der Waals surface area contributed by atoms with E-state index in [1.54, 1.807) is 7.11 Å². The number of hydrogen-bond donors (Lipinski definition) is 1. The molecule has 3 heteroatoms. The molecule has 1 aliphatic carbocycles. The van der Waals surface area contributed by atoms with Gasteiger partial charge in [-0.05, 0) is 49.9 Å². The van der Waals surface area contributed by atoms with Crippen molar-refractivity contribution in [1.29, 1.82) is 0 Å². The molecule has 2 rings (SSSR count). The van der Waals surface area contributed by atoms with Gasteiger partial charge >= 0.3 is 0 Å². The second-order valence-corrected chi connectivity index (χ2v) is 5.09. The summed E-state index contributed by atoms with van der Waals surface area (Å²) in [4.78, 5) is 12.3. The maximum Gasteiger partial charge on any atom is 0.255 e. The molecule has 1 aromatic carbocycles. The topological polar surface area (TPSA) is 38.3 Å². The van der Waals surface area contributed by atoms with E-state index in [-0.39, 0.29) is 5.91 Å². The highest BCUT2D eigenvalue weighted by Crippen LogP contribution is 2.24. The Morgan fingerprint density at radius 3 is 2.44 bits per heavy atom. The molecule has 0 heterocycles. The number of carbonyl (C=O) groups is 1. The van der Waals surface area contributed by atoms with E-state index in [1.807, 2.05) is 26.0 Å². The molecule has 0 saturated heterocycles. The Hall–Kier alpha value is -1.51. The lowest BCUT2D eigenvalue weighted by Crippen LogP contribution is -2.32. The first kappa shape index (κ1) is 12.9. The third kappa shape index (κ3) is 2.66. The first-order chi connectivity index (χ1) is 8.61. The summed E-state index contributed by atoms with van der Waals surface area (Å²) in [5.41, 5.74) is 2.91. The molecule has 0 aromatic heterocycles. The van der Waals surface area contributed by atoms with Crippen molar-refractivity contribution in [3.8, 4) is 5.75 Å². The first-order valence-corrected chi connectivity index (χ1v) is 6.58. The van der Waals surface area contributed by atoms with Crippen LogP contribution in [0, 0.1) is 13.8 Å². The van der Waals surface area contributed by atoms with Crippen LogP contribution in [0.1, 0.15) is 47.2 Å². The Morgan fingerprint density at radius 1 is 1.22 bits per heavy atom. The smallest absolute Gasteiger partial charge is 0.255 e. The molecule has 0 aliphatic heterocycles. The Balaban J connectivity index is 2.20. The third-order valence-electron chi connectivity index (χ3n) is 3.75. The van der Waals surface area contributed by atoms with E-state index in [1.165, 1.54) is 12.8 Å². The van der Waals surface area contributed by atoms with Gasteiger partial charge in [0, 0.05) is 6.04 Å². The zero-order valence-corrected chi connectivity index (χ0v) is 11.4. The number of amides is 1. The first-order valence-electron chi connectivity index (χ1n) is 6.58. The molecule has 0 bridgehead atoms. The van der Waals surface area contributed by atoms with Crippen molar-refractivity contribution in [3.05, 3.63) is 28.8 Å². The number of aryl methyl sites for hydroxylation is 2. The molecule has 0 spiro atoms. The molecule has 98 valence electrons. The van der Waals surface area contributed by atoms with Gasteiger partial charge in [0.15, 0.2) is 0 Å². The van der Waals surface area contributed by atoms with Gasteiger partial charge in [-0.25, -0.2) is 0 Å². The van der Waals surface area contributed by atoms with Gasteiger partial charge in [0.1, 0.15) is 5.75 Å². The van der Waals surface area contributed by atoms with Crippen molar-refractivity contribution in [2.45, 2.75) is 45.6 Å². The standard InChI is InChI=1S/C15H21NO2/c1-10-8-13(14(18-3)9-11(10)2)15(17)16-12-6-4-5-7-12/h8-9,12H,4-7H2,1-3H3,(H,16,17). The summed E-state index contributed by atoms with van der Waals surface area (Å²) in [5.74, 6) is 0.649. The van der Waals surface area contributed by atoms with Crippen LogP contribution in [-0.4, -0.2) is 19.1 Å². The number of carbonyl (C=O) groups excluding carboxylic acids is 1. The van der Waals surface area contributed by atoms with Gasteiger partial charge in [-0.1, -0.05) is 12.8 Å². The SMILES string of the molecule is COc1cc(C)c(C)cc1C(=O)NC1CCCC1. The van der Waals surface area contributed by atoms with Gasteiger partial charge in [-0.15, -0.1) is 0 Å². The Morgan fingerprint density at radius 2 is 1.83 bits per heavy atom. The molecule has 1 fully saturated rings. The van der Waals surface area contributed by atoms with Crippen molar-refractivity contribution in [2.75, 3.05) is 7.11 Å². The average molecular weight is 247 g/mol. The molecule has 1 saturated carbocycles. The van der Waals surface area contributed by atoms with Gasteiger partial charge in [0.05, 0.1) is 12.7 Å². The Labute approximate surface area is 109 Å². The molecule has 1 amide bonds. The minimum atomic E-state index is -0.0122. The molecule has 0 atom stereocenters. The van der Waals surface area contributed by atoms with Crippen LogP contribution >= 0.6 is 0 Å². The average Bonchev–Trinajstić information content (AvgIpc) is 2.84. The predicted molar refractivity (Wildman–Crippen MR) is 72.2 cm³/mol. The number of rotatable bonds is 3. The zero-order valence-electron chi connectivity index (χ0n) is 11.4. The van der Waals surface area contributed by atoms with E-state index in [4.69, 9.17) is 4.74 Å². The van der Waals surface area contributed by atoms with Crippen LogP contribution in [0.25, 0.3) is 0 Å². The Kier molecular flexibility index (Phi) is 3.90. The second kappa shape index (κ2) is 5.42. The summed E-state index contributed by atoms with van der Waals surface area (Å²) < 4.78 is 5.31.